The third-order valence-corrected chi connectivity index (χ3v) is 20.0. The van der Waals surface area contributed by atoms with Gasteiger partial charge in [0.15, 0.2) is 12.2 Å². The van der Waals surface area contributed by atoms with Crippen LogP contribution in [0.2, 0.25) is 0 Å². The highest BCUT2D eigenvalue weighted by molar-refractivity contribution is 7.47. The van der Waals surface area contributed by atoms with E-state index in [2.05, 4.69) is 34.6 Å². The van der Waals surface area contributed by atoms with E-state index in [4.69, 9.17) is 37.0 Å². The van der Waals surface area contributed by atoms with Gasteiger partial charge in [0.1, 0.15) is 19.3 Å². The van der Waals surface area contributed by atoms with Crippen LogP contribution in [0, 0.1) is 5.92 Å². The van der Waals surface area contributed by atoms with Crippen LogP contribution in [0.25, 0.3) is 0 Å². The number of aliphatic hydroxyl groups excluding tert-OH is 1. The van der Waals surface area contributed by atoms with E-state index < -0.39 is 97.5 Å². The Morgan fingerprint density at radius 1 is 0.295 bits per heavy atom. The molecule has 0 radical (unpaired) electrons. The number of carbonyl (C=O) groups excluding carboxylic acids is 4. The minimum absolute atomic E-state index is 0.103. The molecule has 0 saturated heterocycles. The highest BCUT2D eigenvalue weighted by Gasteiger charge is 2.30. The van der Waals surface area contributed by atoms with Crippen molar-refractivity contribution in [3.63, 3.8) is 0 Å². The molecule has 3 N–H and O–H groups in total. The van der Waals surface area contributed by atoms with Crippen molar-refractivity contribution in [2.24, 2.45) is 5.92 Å². The van der Waals surface area contributed by atoms with Crippen LogP contribution in [0.3, 0.4) is 0 Å². The maximum absolute atomic E-state index is 13.1. The van der Waals surface area contributed by atoms with E-state index in [-0.39, 0.29) is 25.7 Å². The number of hydrogen-bond acceptors (Lipinski definition) is 15. The summed E-state index contributed by atoms with van der Waals surface area (Å²) < 4.78 is 68.4. The zero-order valence-corrected chi connectivity index (χ0v) is 63.6. The smallest absolute Gasteiger partial charge is 0.462 e. The number of unbranched alkanes of at least 4 members (excludes halogenated alkanes) is 47. The molecule has 19 heteroatoms. The van der Waals surface area contributed by atoms with Gasteiger partial charge in [-0.1, -0.05) is 349 Å². The lowest BCUT2D eigenvalue weighted by Gasteiger charge is -2.21. The van der Waals surface area contributed by atoms with Crippen molar-refractivity contribution in [3.05, 3.63) is 0 Å². The molecule has 95 heavy (non-hydrogen) atoms. The number of ether oxygens (including phenoxy) is 4. The summed E-state index contributed by atoms with van der Waals surface area (Å²) in [6.07, 6.45) is 58.6. The molecule has 0 aliphatic rings. The number of rotatable bonds is 76. The molecule has 0 aliphatic carbocycles. The third kappa shape index (κ3) is 69.0. The Morgan fingerprint density at radius 2 is 0.505 bits per heavy atom. The van der Waals surface area contributed by atoms with E-state index >= 15 is 0 Å². The van der Waals surface area contributed by atoms with Gasteiger partial charge < -0.3 is 33.8 Å². The van der Waals surface area contributed by atoms with E-state index in [0.717, 1.165) is 102 Å². The second-order valence-corrected chi connectivity index (χ2v) is 30.5. The van der Waals surface area contributed by atoms with Crippen molar-refractivity contribution in [3.8, 4) is 0 Å². The number of esters is 4. The Balaban J connectivity index is 5.17. The predicted molar refractivity (Wildman–Crippen MR) is 386 cm³/mol. The molecule has 0 spiro atoms. The van der Waals surface area contributed by atoms with Crippen molar-refractivity contribution >= 4 is 39.5 Å². The molecule has 0 bridgehead atoms. The molecule has 0 aliphatic heterocycles. The second-order valence-electron chi connectivity index (χ2n) is 27.6. The number of aliphatic hydroxyl groups is 1. The SMILES string of the molecule is CCCCCCCCCCCCCCCCCCCCCCCC(=O)O[C@H](COC(=O)CCCCCCCCCCCCCCCCCC)COP(=O)(O)OC[C@@H](O)COP(=O)(O)OC[C@@H](COC(=O)CCCCCCCCCC)OC(=O)CCCCCCCCC(C)CC. The summed E-state index contributed by atoms with van der Waals surface area (Å²) in [6.45, 7) is 7.21. The molecule has 0 aromatic rings. The van der Waals surface area contributed by atoms with Crippen LogP contribution in [0.4, 0.5) is 0 Å². The average Bonchev–Trinajstić information content (AvgIpc) is 1.85. The van der Waals surface area contributed by atoms with Gasteiger partial charge in [-0.3, -0.25) is 37.3 Å². The molecular formula is C76H148O17P2. The predicted octanol–water partition coefficient (Wildman–Crippen LogP) is 22.5. The van der Waals surface area contributed by atoms with Gasteiger partial charge in [0.05, 0.1) is 26.4 Å². The number of carbonyl (C=O) groups is 4. The quantitative estimate of drug-likeness (QED) is 0.0222. The van der Waals surface area contributed by atoms with Gasteiger partial charge in [-0.15, -0.1) is 0 Å². The Hall–Kier alpha value is -1.94. The van der Waals surface area contributed by atoms with Crippen molar-refractivity contribution in [2.75, 3.05) is 39.6 Å². The monoisotopic (exact) mass is 1400 g/mol. The Morgan fingerprint density at radius 3 is 0.747 bits per heavy atom. The first-order valence-electron chi connectivity index (χ1n) is 39.7. The normalized spacial score (nSPS) is 14.2. The number of phosphoric acid groups is 2. The summed E-state index contributed by atoms with van der Waals surface area (Å²) in [7, 11) is -9.90. The molecule has 0 saturated carbocycles. The van der Waals surface area contributed by atoms with Crippen LogP contribution in [-0.4, -0.2) is 96.7 Å². The minimum Gasteiger partial charge on any atom is -0.462 e. The fraction of sp³-hybridized carbons (Fsp3) is 0.947. The van der Waals surface area contributed by atoms with Crippen molar-refractivity contribution in [1.29, 1.82) is 0 Å². The Bertz CT molecular complexity index is 1820. The Labute approximate surface area is 581 Å². The first kappa shape index (κ1) is 93.1. The van der Waals surface area contributed by atoms with E-state index in [1.165, 1.54) is 218 Å². The number of hydrogen-bond donors (Lipinski definition) is 3. The molecule has 6 atom stereocenters. The summed E-state index contributed by atoms with van der Waals surface area (Å²) in [5, 5.41) is 10.6. The molecule has 0 amide bonds. The highest BCUT2D eigenvalue weighted by atomic mass is 31.2. The van der Waals surface area contributed by atoms with E-state index in [9.17, 15) is 43.2 Å². The van der Waals surface area contributed by atoms with E-state index in [1.54, 1.807) is 0 Å². The molecule has 0 aromatic carbocycles. The van der Waals surface area contributed by atoms with Gasteiger partial charge in [-0.2, -0.15) is 0 Å². The molecule has 564 valence electrons. The van der Waals surface area contributed by atoms with Crippen molar-refractivity contribution < 1.29 is 80.2 Å². The summed E-state index contributed by atoms with van der Waals surface area (Å²) in [5.74, 6) is -1.40. The zero-order chi connectivity index (χ0) is 69.8. The third-order valence-electron chi connectivity index (χ3n) is 18.1. The van der Waals surface area contributed by atoms with Gasteiger partial charge in [0.25, 0.3) is 0 Å². The second kappa shape index (κ2) is 69.2. The molecule has 17 nitrogen and oxygen atoms in total. The summed E-state index contributed by atoms with van der Waals surface area (Å²) in [6, 6.07) is 0. The lowest BCUT2D eigenvalue weighted by molar-refractivity contribution is -0.161. The molecule has 0 rings (SSSR count). The molecule has 3 unspecified atom stereocenters. The van der Waals surface area contributed by atoms with Gasteiger partial charge >= 0.3 is 39.5 Å². The molecule has 0 fully saturated rings. The summed E-state index contributed by atoms with van der Waals surface area (Å²) >= 11 is 0. The van der Waals surface area contributed by atoms with Crippen LogP contribution in [0.15, 0.2) is 0 Å². The number of phosphoric ester groups is 2. The molecular weight excluding hydrogens is 1250 g/mol. The van der Waals surface area contributed by atoms with Crippen molar-refractivity contribution in [1.82, 2.24) is 0 Å². The maximum Gasteiger partial charge on any atom is 0.472 e. The zero-order valence-electron chi connectivity index (χ0n) is 61.8. The van der Waals surface area contributed by atoms with Crippen LogP contribution >= 0.6 is 15.6 Å². The van der Waals surface area contributed by atoms with Gasteiger partial charge in [0.2, 0.25) is 0 Å². The lowest BCUT2D eigenvalue weighted by atomic mass is 10.00. The molecule has 0 heterocycles. The first-order valence-corrected chi connectivity index (χ1v) is 42.7. The average molecular weight is 1400 g/mol. The largest absolute Gasteiger partial charge is 0.472 e. The van der Waals surface area contributed by atoms with E-state index in [0.29, 0.717) is 25.7 Å². The van der Waals surface area contributed by atoms with Crippen molar-refractivity contribution in [2.45, 2.75) is 419 Å². The fourth-order valence-electron chi connectivity index (χ4n) is 11.7. The summed E-state index contributed by atoms with van der Waals surface area (Å²) in [4.78, 5) is 72.7. The van der Waals surface area contributed by atoms with Crippen LogP contribution in [0.1, 0.15) is 401 Å². The lowest BCUT2D eigenvalue weighted by Crippen LogP contribution is -2.30. The van der Waals surface area contributed by atoms with E-state index in [1.807, 2.05) is 0 Å². The maximum atomic E-state index is 13.1. The van der Waals surface area contributed by atoms with Gasteiger partial charge in [0, 0.05) is 25.7 Å². The van der Waals surface area contributed by atoms with Crippen LogP contribution in [-0.2, 0) is 65.4 Å². The summed E-state index contributed by atoms with van der Waals surface area (Å²) in [5.41, 5.74) is 0. The molecule has 0 aromatic heterocycles. The highest BCUT2D eigenvalue weighted by Crippen LogP contribution is 2.45. The fourth-order valence-corrected chi connectivity index (χ4v) is 13.3. The Kier molecular flexibility index (Phi) is 67.7. The standard InChI is InChI=1S/C76H148O17P2/c1-6-10-13-16-19-22-24-26-28-30-31-32-33-34-36-38-40-42-45-51-56-61-75(80)92-71(65-87-74(79)60-55-50-44-41-39-37-35-29-27-25-23-20-17-14-11-7-2)67-90-94(82,83)88-63-70(77)64-89-95(84,85)91-68-72(66-86-73(78)59-54-49-43-21-18-15-12-8-3)93-76(81)62-57-52-47-46-48-53-58-69(5)9-4/h69-72,77H,6-68H2,1-5H3,(H,82,83)(H,84,85)/t69?,70-,71-,72-/m1/s1. The van der Waals surface area contributed by atoms with Gasteiger partial charge in [-0.25, -0.2) is 9.13 Å². The minimum atomic E-state index is -4.96. The van der Waals surface area contributed by atoms with Gasteiger partial charge in [-0.05, 0) is 31.6 Å². The topological polar surface area (TPSA) is 237 Å². The van der Waals surface area contributed by atoms with Crippen LogP contribution < -0.4 is 0 Å². The first-order chi connectivity index (χ1) is 46.1. The van der Waals surface area contributed by atoms with Crippen LogP contribution in [0.5, 0.6) is 0 Å².